The van der Waals surface area contributed by atoms with Crippen LogP contribution in [0, 0.1) is 12.2 Å². The van der Waals surface area contributed by atoms with E-state index in [-0.39, 0.29) is 33.9 Å². The van der Waals surface area contributed by atoms with Gasteiger partial charge in [-0.1, -0.05) is 141 Å². The van der Waals surface area contributed by atoms with Gasteiger partial charge < -0.3 is 4.74 Å². The van der Waals surface area contributed by atoms with Crippen LogP contribution in [0.15, 0.2) is 188 Å². The number of para-hydroxylation sites is 4. The molecular formula is C52H40N4O. The number of imidazole rings is 1. The van der Waals surface area contributed by atoms with E-state index in [0.29, 0.717) is 39.6 Å². The lowest BCUT2D eigenvalue weighted by molar-refractivity contribution is -0.571. The van der Waals surface area contributed by atoms with E-state index in [1.54, 1.807) is 51.7 Å². The Balaban J connectivity index is 1.14. The van der Waals surface area contributed by atoms with Gasteiger partial charge in [-0.25, -0.2) is 4.98 Å². The van der Waals surface area contributed by atoms with Gasteiger partial charge in [-0.3, -0.25) is 13.7 Å². The smallest absolute Gasteiger partial charge is 0.269 e. The number of hydrogen-bond donors (Lipinski definition) is 0. The van der Waals surface area contributed by atoms with Gasteiger partial charge in [-0.2, -0.15) is 0 Å². The van der Waals surface area contributed by atoms with Crippen molar-refractivity contribution in [3.8, 4) is 50.9 Å². The largest absolute Gasteiger partial charge is 0.458 e. The maximum Gasteiger partial charge on any atom is 0.269 e. The van der Waals surface area contributed by atoms with E-state index in [1.807, 2.05) is 103 Å². The van der Waals surface area contributed by atoms with Crippen LogP contribution < -0.4 is 9.30 Å². The molecule has 0 aliphatic carbocycles. The van der Waals surface area contributed by atoms with Crippen molar-refractivity contribution in [1.82, 2.24) is 14.1 Å². The first kappa shape index (κ1) is 23.6. The van der Waals surface area contributed by atoms with E-state index in [9.17, 15) is 0 Å². The molecular weight excluding hydrogens is 697 g/mol. The van der Waals surface area contributed by atoms with Crippen LogP contribution in [0.3, 0.4) is 0 Å². The van der Waals surface area contributed by atoms with E-state index in [4.69, 9.17) is 26.2 Å². The Morgan fingerprint density at radius 2 is 1.33 bits per heavy atom. The lowest BCUT2D eigenvalue weighted by atomic mass is 9.95. The van der Waals surface area contributed by atoms with Crippen LogP contribution in [0.1, 0.15) is 35.9 Å². The molecule has 5 nitrogen and oxygen atoms in total. The molecule has 0 aliphatic heterocycles. The molecule has 3 heterocycles. The second kappa shape index (κ2) is 14.4. The number of fused-ring (bicyclic) bond motifs is 4. The molecule has 0 atom stereocenters. The summed E-state index contributed by atoms with van der Waals surface area (Å²) in [6.45, 7) is 3.70. The van der Waals surface area contributed by atoms with Gasteiger partial charge in [-0.15, -0.1) is 0 Å². The summed E-state index contributed by atoms with van der Waals surface area (Å²) in [5.41, 5.74) is 4.15. The Morgan fingerprint density at radius 3 is 2.09 bits per heavy atom. The zero-order chi connectivity index (χ0) is 48.8. The fourth-order valence-electron chi connectivity index (χ4n) is 7.42. The van der Waals surface area contributed by atoms with Gasteiger partial charge in [0.15, 0.2) is 0 Å². The molecule has 0 saturated carbocycles. The molecule has 10 aromatic rings. The molecule has 274 valence electrons. The Kier molecular flexibility index (Phi) is 5.99. The summed E-state index contributed by atoms with van der Waals surface area (Å²) in [7, 11) is 0. The lowest BCUT2D eigenvalue weighted by Crippen LogP contribution is -2.31. The number of hydrogen-bond acceptors (Lipinski definition) is 2. The zero-order valence-electron chi connectivity index (χ0n) is 42.9. The third-order valence-corrected chi connectivity index (χ3v) is 9.75. The standard InChI is InChI=1S/C52H40N4O/c1-36(2)31-37-29-30-53-51(32-37)56-47-24-10-9-21-45(47)46-28-27-42(34-50(46)56)57-41-20-13-19-40(33-41)54-35-55(49-26-12-11-25-48(49)54)52-43(38-15-5-3-6-16-38)22-14-23-44(52)39-17-7-4-8-18-39/h3-30,32-34,36H,31H2,1-2H3/i3D,4D,5D,6D,7D,8D,15D,16D,17D,18D,31D2. The summed E-state index contributed by atoms with van der Waals surface area (Å²) in [6, 6.07) is 31.3. The molecule has 57 heavy (non-hydrogen) atoms. The Morgan fingerprint density at radius 1 is 0.667 bits per heavy atom. The van der Waals surface area contributed by atoms with Crippen LogP contribution in [0.5, 0.6) is 11.5 Å². The summed E-state index contributed by atoms with van der Waals surface area (Å²) in [5, 5.41) is 1.95. The molecule has 3 aromatic heterocycles. The van der Waals surface area contributed by atoms with Crippen molar-refractivity contribution in [2.75, 3.05) is 0 Å². The first-order chi connectivity index (χ1) is 33.0. The van der Waals surface area contributed by atoms with Crippen molar-refractivity contribution in [1.29, 1.82) is 0 Å². The average molecular weight is 749 g/mol. The minimum atomic E-state index is -1.59. The number of nitrogens with zero attached hydrogens (tertiary/aromatic N) is 4. The quantitative estimate of drug-likeness (QED) is 0.109. The zero-order valence-corrected chi connectivity index (χ0v) is 30.9. The third kappa shape index (κ3) is 6.33. The predicted octanol–water partition coefficient (Wildman–Crippen LogP) is 12.5. The minimum absolute atomic E-state index is 0.144. The van der Waals surface area contributed by atoms with Crippen LogP contribution >= 0.6 is 0 Å². The number of rotatable bonds is 9. The molecule has 0 unspecified atom stereocenters. The molecule has 0 fully saturated rings. The fourth-order valence-corrected chi connectivity index (χ4v) is 7.42. The SMILES string of the molecule is [2H]c1c([2H])c([2H])c(-c2cccc(-c3c([2H])c([2H])c([2H])c([2H])c3[2H])c2-[n+]2[c-]n(-c3cccc(Oc4ccc5c6ccccc6n(-c6cc(C([2H])([2H])C(C)C)ccn6)c5c4)c3)c3ccccc32)c([2H])c1[2H]. The van der Waals surface area contributed by atoms with Gasteiger partial charge in [0.2, 0.25) is 0 Å². The minimum Gasteiger partial charge on any atom is -0.458 e. The summed E-state index contributed by atoms with van der Waals surface area (Å²) in [6.07, 6.45) is 3.46. The van der Waals surface area contributed by atoms with Crippen LogP contribution in [-0.4, -0.2) is 14.1 Å². The molecule has 5 heteroatoms. The van der Waals surface area contributed by atoms with Crippen molar-refractivity contribution < 1.29 is 25.8 Å². The molecule has 0 spiro atoms. The van der Waals surface area contributed by atoms with E-state index in [1.165, 1.54) is 0 Å². The number of ether oxygens (including phenoxy) is 1. The first-order valence-electron chi connectivity index (χ1n) is 24.5. The van der Waals surface area contributed by atoms with Gasteiger partial charge in [0, 0.05) is 25.8 Å². The predicted molar refractivity (Wildman–Crippen MR) is 232 cm³/mol. The highest BCUT2D eigenvalue weighted by Crippen LogP contribution is 2.37. The molecule has 0 amide bonds. The van der Waals surface area contributed by atoms with Gasteiger partial charge in [0.05, 0.1) is 47.1 Å². The van der Waals surface area contributed by atoms with Crippen molar-refractivity contribution in [3.63, 3.8) is 0 Å². The van der Waals surface area contributed by atoms with Crippen LogP contribution in [-0.2, 0) is 6.37 Å². The second-order valence-corrected chi connectivity index (χ2v) is 13.8. The molecule has 10 rings (SSSR count). The van der Waals surface area contributed by atoms with E-state index < -0.39 is 66.8 Å². The molecule has 0 radical (unpaired) electrons. The topological polar surface area (TPSA) is 35.9 Å². The Labute approximate surface area is 349 Å². The lowest BCUT2D eigenvalue weighted by Gasteiger charge is -2.17. The first-order valence-corrected chi connectivity index (χ1v) is 18.5. The van der Waals surface area contributed by atoms with Gasteiger partial charge in [0.25, 0.3) is 6.33 Å². The van der Waals surface area contributed by atoms with Gasteiger partial charge in [0.1, 0.15) is 17.3 Å². The third-order valence-electron chi connectivity index (χ3n) is 9.75. The number of pyridine rings is 1. The van der Waals surface area contributed by atoms with Crippen LogP contribution in [0.25, 0.3) is 72.3 Å². The van der Waals surface area contributed by atoms with Crippen LogP contribution in [0.4, 0.5) is 0 Å². The highest BCUT2D eigenvalue weighted by atomic mass is 16.5. The Bertz CT molecular complexity index is 3610. The van der Waals surface area contributed by atoms with E-state index in [0.717, 1.165) is 21.8 Å². The van der Waals surface area contributed by atoms with Crippen molar-refractivity contribution in [3.05, 3.63) is 200 Å². The van der Waals surface area contributed by atoms with Gasteiger partial charge >= 0.3 is 0 Å². The number of aromatic nitrogens is 4. The van der Waals surface area contributed by atoms with E-state index in [2.05, 4.69) is 6.33 Å². The molecule has 0 N–H and O–H groups in total. The van der Waals surface area contributed by atoms with Crippen LogP contribution in [0.2, 0.25) is 0 Å². The maximum absolute atomic E-state index is 8.99. The highest BCUT2D eigenvalue weighted by Gasteiger charge is 2.20. The summed E-state index contributed by atoms with van der Waals surface area (Å²) < 4.78 is 116. The molecule has 7 aromatic carbocycles. The average Bonchev–Trinajstić information content (AvgIpc) is 3.90. The molecule has 0 aliphatic rings. The second-order valence-electron chi connectivity index (χ2n) is 13.8. The van der Waals surface area contributed by atoms with Crippen molar-refractivity contribution in [2.45, 2.75) is 20.2 Å². The summed E-state index contributed by atoms with van der Waals surface area (Å²) >= 11 is 0. The maximum atomic E-state index is 8.99. The molecule has 0 saturated heterocycles. The summed E-state index contributed by atoms with van der Waals surface area (Å²) in [4.78, 5) is 4.71. The van der Waals surface area contributed by atoms with Crippen molar-refractivity contribution in [2.24, 2.45) is 5.92 Å². The van der Waals surface area contributed by atoms with Crippen molar-refractivity contribution >= 4 is 32.8 Å². The highest BCUT2D eigenvalue weighted by molar-refractivity contribution is 6.09. The van der Waals surface area contributed by atoms with Gasteiger partial charge in [-0.05, 0) is 88.6 Å². The fraction of sp³-hybridized carbons (Fsp3) is 0.0769. The number of benzene rings is 7. The summed E-state index contributed by atoms with van der Waals surface area (Å²) in [5.74, 6) is 1.28. The normalized spacial score (nSPS) is 14.8. The van der Waals surface area contributed by atoms with E-state index >= 15 is 0 Å². The molecule has 0 bridgehead atoms. The Hall–Kier alpha value is -7.24. The monoisotopic (exact) mass is 748 g/mol.